The molecule has 0 fully saturated rings. The zero-order valence-electron chi connectivity index (χ0n) is 7.28. The second-order valence-electron chi connectivity index (χ2n) is 3.30. The Bertz CT molecular complexity index is 284. The summed E-state index contributed by atoms with van der Waals surface area (Å²) in [7, 11) is 0. The van der Waals surface area contributed by atoms with Gasteiger partial charge in [-0.05, 0) is 26.2 Å². The lowest BCUT2D eigenvalue weighted by molar-refractivity contribution is -0.142. The molecule has 1 heterocycles. The van der Waals surface area contributed by atoms with Crippen LogP contribution < -0.4 is 0 Å². The van der Waals surface area contributed by atoms with Crippen molar-refractivity contribution < 1.29 is 19.8 Å². The fourth-order valence-corrected chi connectivity index (χ4v) is 1.32. The topological polar surface area (TPSA) is 87.0 Å². The highest BCUT2D eigenvalue weighted by Gasteiger charge is 2.36. The van der Waals surface area contributed by atoms with Crippen molar-refractivity contribution in [3.05, 3.63) is 0 Å². The molecule has 0 radical (unpaired) electrons. The van der Waals surface area contributed by atoms with Crippen LogP contribution in [-0.4, -0.2) is 33.4 Å². The van der Waals surface area contributed by atoms with Gasteiger partial charge in [0.05, 0.1) is 0 Å². The Morgan fingerprint density at radius 1 is 1.46 bits per heavy atom. The minimum atomic E-state index is -1.24. The SMILES string of the molecule is CC1(C(=O)O)CCCC(C(=O)O)=N1. The highest BCUT2D eigenvalue weighted by Crippen LogP contribution is 2.24. The molecule has 0 saturated carbocycles. The normalized spacial score (nSPS) is 27.9. The van der Waals surface area contributed by atoms with Gasteiger partial charge in [0.2, 0.25) is 0 Å². The number of carboxylic acid groups (broad SMARTS) is 2. The van der Waals surface area contributed by atoms with E-state index in [2.05, 4.69) is 4.99 Å². The van der Waals surface area contributed by atoms with Gasteiger partial charge in [-0.1, -0.05) is 0 Å². The Morgan fingerprint density at radius 3 is 2.54 bits per heavy atom. The summed E-state index contributed by atoms with van der Waals surface area (Å²) in [6.45, 7) is 1.44. The van der Waals surface area contributed by atoms with Gasteiger partial charge >= 0.3 is 11.9 Å². The zero-order valence-corrected chi connectivity index (χ0v) is 7.28. The van der Waals surface area contributed by atoms with E-state index >= 15 is 0 Å². The van der Waals surface area contributed by atoms with Crippen LogP contribution in [0, 0.1) is 0 Å². The Kier molecular flexibility index (Phi) is 2.36. The number of hydrogen-bond donors (Lipinski definition) is 2. The fraction of sp³-hybridized carbons (Fsp3) is 0.625. The number of carboxylic acids is 2. The highest BCUT2D eigenvalue weighted by molar-refractivity contribution is 6.36. The van der Waals surface area contributed by atoms with Crippen LogP contribution in [-0.2, 0) is 9.59 Å². The molecule has 1 atom stereocenters. The molecule has 5 nitrogen and oxygen atoms in total. The number of aliphatic carboxylic acids is 2. The molecule has 0 spiro atoms. The van der Waals surface area contributed by atoms with Gasteiger partial charge in [-0.25, -0.2) is 9.59 Å². The molecule has 0 aromatic heterocycles. The molecule has 1 unspecified atom stereocenters. The standard InChI is InChI=1S/C8H11NO4/c1-8(7(12)13)4-2-3-5(9-8)6(10)11/h2-4H2,1H3,(H,10,11)(H,12,13). The van der Waals surface area contributed by atoms with Crippen LogP contribution in [0.2, 0.25) is 0 Å². The number of carbonyl (C=O) groups is 2. The van der Waals surface area contributed by atoms with Crippen LogP contribution in [0.3, 0.4) is 0 Å². The van der Waals surface area contributed by atoms with Crippen molar-refractivity contribution >= 4 is 17.7 Å². The summed E-state index contributed by atoms with van der Waals surface area (Å²) in [5, 5.41) is 17.4. The van der Waals surface area contributed by atoms with Gasteiger partial charge in [-0.3, -0.25) is 4.99 Å². The molecule has 0 bridgehead atoms. The van der Waals surface area contributed by atoms with Crippen molar-refractivity contribution in [2.75, 3.05) is 0 Å². The van der Waals surface area contributed by atoms with Crippen LogP contribution in [0.4, 0.5) is 0 Å². The van der Waals surface area contributed by atoms with E-state index in [9.17, 15) is 9.59 Å². The van der Waals surface area contributed by atoms with E-state index in [1.165, 1.54) is 6.92 Å². The third-order valence-electron chi connectivity index (χ3n) is 2.17. The van der Waals surface area contributed by atoms with Crippen LogP contribution in [0.15, 0.2) is 4.99 Å². The van der Waals surface area contributed by atoms with Gasteiger partial charge in [-0.15, -0.1) is 0 Å². The van der Waals surface area contributed by atoms with Crippen LogP contribution in [0.5, 0.6) is 0 Å². The van der Waals surface area contributed by atoms with E-state index in [0.29, 0.717) is 19.3 Å². The number of hydrogen-bond acceptors (Lipinski definition) is 3. The molecule has 13 heavy (non-hydrogen) atoms. The van der Waals surface area contributed by atoms with Crippen LogP contribution in [0.1, 0.15) is 26.2 Å². The zero-order chi connectivity index (χ0) is 10.1. The van der Waals surface area contributed by atoms with E-state index in [4.69, 9.17) is 10.2 Å². The summed E-state index contributed by atoms with van der Waals surface area (Å²) in [5.74, 6) is -2.18. The van der Waals surface area contributed by atoms with Gasteiger partial charge in [-0.2, -0.15) is 0 Å². The smallest absolute Gasteiger partial charge is 0.349 e. The maximum absolute atomic E-state index is 10.7. The summed E-state index contributed by atoms with van der Waals surface area (Å²) in [6, 6.07) is 0. The average Bonchev–Trinajstić information content (AvgIpc) is 2.04. The summed E-state index contributed by atoms with van der Waals surface area (Å²) in [6.07, 6.45) is 1.32. The second kappa shape index (κ2) is 3.16. The van der Waals surface area contributed by atoms with Crippen LogP contribution >= 0.6 is 0 Å². The maximum atomic E-state index is 10.7. The molecular weight excluding hydrogens is 174 g/mol. The lowest BCUT2D eigenvalue weighted by Gasteiger charge is -2.24. The lowest BCUT2D eigenvalue weighted by Crippen LogP contribution is -2.38. The van der Waals surface area contributed by atoms with Crippen molar-refractivity contribution in [2.45, 2.75) is 31.7 Å². The monoisotopic (exact) mass is 185 g/mol. The Balaban J connectivity index is 2.97. The first-order chi connectivity index (χ1) is 5.96. The highest BCUT2D eigenvalue weighted by atomic mass is 16.4. The summed E-state index contributed by atoms with van der Waals surface area (Å²) < 4.78 is 0. The third kappa shape index (κ3) is 1.85. The molecule has 0 amide bonds. The van der Waals surface area contributed by atoms with Crippen molar-refractivity contribution in [1.29, 1.82) is 0 Å². The molecule has 5 heteroatoms. The van der Waals surface area contributed by atoms with Gasteiger partial charge in [0.1, 0.15) is 5.71 Å². The third-order valence-corrected chi connectivity index (χ3v) is 2.17. The molecule has 0 saturated heterocycles. The Hall–Kier alpha value is -1.39. The van der Waals surface area contributed by atoms with Crippen molar-refractivity contribution in [3.8, 4) is 0 Å². The fourth-order valence-electron chi connectivity index (χ4n) is 1.32. The quantitative estimate of drug-likeness (QED) is 0.657. The van der Waals surface area contributed by atoms with Gasteiger partial charge in [0, 0.05) is 0 Å². The number of nitrogens with zero attached hydrogens (tertiary/aromatic N) is 1. The maximum Gasteiger partial charge on any atom is 0.349 e. The predicted octanol–water partition coefficient (Wildman–Crippen LogP) is 0.539. The van der Waals surface area contributed by atoms with E-state index in [-0.39, 0.29) is 5.71 Å². The van der Waals surface area contributed by atoms with E-state index in [1.54, 1.807) is 0 Å². The van der Waals surface area contributed by atoms with Gasteiger partial charge in [0.15, 0.2) is 5.54 Å². The molecule has 0 aromatic rings. The average molecular weight is 185 g/mol. The minimum Gasteiger partial charge on any atom is -0.479 e. The van der Waals surface area contributed by atoms with E-state index in [0.717, 1.165) is 0 Å². The Morgan fingerprint density at radius 2 is 2.08 bits per heavy atom. The van der Waals surface area contributed by atoms with Crippen molar-refractivity contribution in [2.24, 2.45) is 4.99 Å². The lowest BCUT2D eigenvalue weighted by atomic mass is 9.91. The number of aliphatic imine (C=N–C) groups is 1. The first-order valence-corrected chi connectivity index (χ1v) is 4.01. The molecule has 1 aliphatic rings. The largest absolute Gasteiger partial charge is 0.479 e. The minimum absolute atomic E-state index is 0.0313. The first kappa shape index (κ1) is 9.70. The summed E-state index contributed by atoms with van der Waals surface area (Å²) in [4.78, 5) is 25.0. The molecule has 1 rings (SSSR count). The van der Waals surface area contributed by atoms with Crippen molar-refractivity contribution in [3.63, 3.8) is 0 Å². The van der Waals surface area contributed by atoms with Crippen LogP contribution in [0.25, 0.3) is 0 Å². The second-order valence-corrected chi connectivity index (χ2v) is 3.30. The molecule has 2 N–H and O–H groups in total. The molecule has 1 aliphatic heterocycles. The van der Waals surface area contributed by atoms with E-state index in [1.807, 2.05) is 0 Å². The Labute approximate surface area is 75.1 Å². The molecular formula is C8H11NO4. The summed E-state index contributed by atoms with van der Waals surface area (Å²) in [5.41, 5.74) is -1.28. The summed E-state index contributed by atoms with van der Waals surface area (Å²) >= 11 is 0. The van der Waals surface area contributed by atoms with E-state index < -0.39 is 17.5 Å². The number of rotatable bonds is 2. The van der Waals surface area contributed by atoms with Gasteiger partial charge < -0.3 is 10.2 Å². The van der Waals surface area contributed by atoms with Gasteiger partial charge in [0.25, 0.3) is 0 Å². The molecule has 0 aliphatic carbocycles. The molecule has 72 valence electrons. The molecule has 0 aromatic carbocycles. The van der Waals surface area contributed by atoms with Crippen molar-refractivity contribution in [1.82, 2.24) is 0 Å². The predicted molar refractivity (Wildman–Crippen MR) is 45.0 cm³/mol. The first-order valence-electron chi connectivity index (χ1n) is 4.01.